The second-order valence-corrected chi connectivity index (χ2v) is 10.0. The lowest BCUT2D eigenvalue weighted by molar-refractivity contribution is -0.134. The van der Waals surface area contributed by atoms with Gasteiger partial charge in [0.25, 0.3) is 0 Å². The maximum atomic E-state index is 13.2. The van der Waals surface area contributed by atoms with Crippen LogP contribution in [0.3, 0.4) is 0 Å². The molecular formula is C24H49N7O4. The van der Waals surface area contributed by atoms with E-state index in [4.69, 9.17) is 22.9 Å². The van der Waals surface area contributed by atoms with Crippen LogP contribution in [0.15, 0.2) is 0 Å². The fourth-order valence-electron chi connectivity index (χ4n) is 3.68. The van der Waals surface area contributed by atoms with Crippen molar-refractivity contribution < 1.29 is 19.2 Å². The summed E-state index contributed by atoms with van der Waals surface area (Å²) in [5.74, 6) is -1.72. The van der Waals surface area contributed by atoms with E-state index < -0.39 is 47.8 Å². The average Bonchev–Trinajstić information content (AvgIpc) is 2.76. The average molecular weight is 500 g/mol. The number of nitrogens with two attached hydrogens (primary N) is 4. The van der Waals surface area contributed by atoms with Crippen LogP contribution >= 0.6 is 0 Å². The second kappa shape index (κ2) is 18.1. The van der Waals surface area contributed by atoms with Crippen LogP contribution in [-0.4, -0.2) is 60.9 Å². The minimum atomic E-state index is -0.892. The van der Waals surface area contributed by atoms with Gasteiger partial charge in [0.2, 0.25) is 23.6 Å². The van der Waals surface area contributed by atoms with Crippen molar-refractivity contribution in [3.63, 3.8) is 0 Å². The van der Waals surface area contributed by atoms with Crippen LogP contribution in [0.1, 0.15) is 79.1 Å². The number of hydrogen-bond donors (Lipinski definition) is 7. The molecule has 204 valence electrons. The van der Waals surface area contributed by atoms with Gasteiger partial charge in [0.15, 0.2) is 0 Å². The van der Waals surface area contributed by atoms with Crippen LogP contribution in [0, 0.1) is 11.8 Å². The van der Waals surface area contributed by atoms with E-state index >= 15 is 0 Å². The zero-order valence-corrected chi connectivity index (χ0v) is 22.0. The Bertz CT molecular complexity index is 658. The number of amides is 4. The molecule has 0 aliphatic heterocycles. The van der Waals surface area contributed by atoms with Gasteiger partial charge in [-0.25, -0.2) is 0 Å². The lowest BCUT2D eigenvalue weighted by Crippen LogP contribution is -2.57. The molecule has 11 nitrogen and oxygen atoms in total. The highest BCUT2D eigenvalue weighted by molar-refractivity contribution is 5.94. The standard InChI is InChI=1S/C24H49N7O4/c1-15(2)13-17(27)22(33)30-19(10-6-8-12-26)23(34)31-20(14-16(3)4)24(35)29-18(21(28)32)9-5-7-11-25/h15-20H,5-14,25-27H2,1-4H3,(H2,28,32)(H,29,35)(H,30,33)(H,31,34)/t17-,18-,19-,20-/m0/s1. The van der Waals surface area contributed by atoms with Crippen molar-refractivity contribution in [2.45, 2.75) is 103 Å². The van der Waals surface area contributed by atoms with Gasteiger partial charge in [-0.2, -0.15) is 0 Å². The minimum absolute atomic E-state index is 0.0834. The summed E-state index contributed by atoms with van der Waals surface area (Å²) in [7, 11) is 0. The fraction of sp³-hybridized carbons (Fsp3) is 0.833. The highest BCUT2D eigenvalue weighted by atomic mass is 16.2. The van der Waals surface area contributed by atoms with Gasteiger partial charge in [-0.1, -0.05) is 27.7 Å². The molecule has 0 aromatic rings. The molecule has 35 heavy (non-hydrogen) atoms. The first kappa shape index (κ1) is 32.8. The molecule has 0 saturated heterocycles. The molecule has 0 fully saturated rings. The summed E-state index contributed by atoms with van der Waals surface area (Å²) < 4.78 is 0. The first-order valence-corrected chi connectivity index (χ1v) is 12.8. The maximum Gasteiger partial charge on any atom is 0.243 e. The van der Waals surface area contributed by atoms with Gasteiger partial charge >= 0.3 is 0 Å². The topological polar surface area (TPSA) is 208 Å². The normalized spacial score (nSPS) is 14.8. The SMILES string of the molecule is CC(C)C[C@H](NC(=O)[C@H](CCCCN)NC(=O)[C@@H](N)CC(C)C)C(=O)N[C@@H](CCCCN)C(N)=O. The van der Waals surface area contributed by atoms with Crippen LogP contribution in [0.2, 0.25) is 0 Å². The van der Waals surface area contributed by atoms with Crippen molar-refractivity contribution in [3.8, 4) is 0 Å². The van der Waals surface area contributed by atoms with Crippen molar-refractivity contribution in [3.05, 3.63) is 0 Å². The van der Waals surface area contributed by atoms with Crippen LogP contribution in [0.5, 0.6) is 0 Å². The third kappa shape index (κ3) is 14.7. The van der Waals surface area contributed by atoms with Gasteiger partial charge in [0.05, 0.1) is 6.04 Å². The molecule has 0 spiro atoms. The maximum absolute atomic E-state index is 13.2. The molecule has 0 aromatic heterocycles. The Kier molecular flexibility index (Phi) is 16.9. The summed E-state index contributed by atoms with van der Waals surface area (Å²) in [5.41, 5.74) is 22.5. The van der Waals surface area contributed by atoms with E-state index in [0.717, 1.165) is 0 Å². The number of carbonyl (C=O) groups excluding carboxylic acids is 4. The summed E-state index contributed by atoms with van der Waals surface area (Å²) in [6.07, 6.45) is 4.22. The van der Waals surface area contributed by atoms with Crippen LogP contribution in [0.4, 0.5) is 0 Å². The Morgan fingerprint density at radius 3 is 1.51 bits per heavy atom. The summed E-state index contributed by atoms with van der Waals surface area (Å²) >= 11 is 0. The predicted octanol–water partition coefficient (Wildman–Crippen LogP) is -0.396. The largest absolute Gasteiger partial charge is 0.368 e. The summed E-state index contributed by atoms with van der Waals surface area (Å²) in [4.78, 5) is 50.6. The minimum Gasteiger partial charge on any atom is -0.368 e. The molecular weight excluding hydrogens is 450 g/mol. The number of rotatable bonds is 19. The number of nitrogens with one attached hydrogen (secondary N) is 3. The van der Waals surface area contributed by atoms with Crippen molar-refractivity contribution >= 4 is 23.6 Å². The Morgan fingerprint density at radius 1 is 0.629 bits per heavy atom. The van der Waals surface area contributed by atoms with E-state index in [0.29, 0.717) is 64.5 Å². The third-order valence-corrected chi connectivity index (χ3v) is 5.59. The van der Waals surface area contributed by atoms with Crippen molar-refractivity contribution in [2.24, 2.45) is 34.8 Å². The fourth-order valence-corrected chi connectivity index (χ4v) is 3.68. The quantitative estimate of drug-likeness (QED) is 0.117. The molecule has 11 heteroatoms. The highest BCUT2D eigenvalue weighted by Gasteiger charge is 2.30. The molecule has 0 aromatic carbocycles. The Morgan fingerprint density at radius 2 is 1.06 bits per heavy atom. The van der Waals surface area contributed by atoms with Crippen LogP contribution in [0.25, 0.3) is 0 Å². The van der Waals surface area contributed by atoms with E-state index in [9.17, 15) is 19.2 Å². The van der Waals surface area contributed by atoms with Crippen molar-refractivity contribution in [2.75, 3.05) is 13.1 Å². The van der Waals surface area contributed by atoms with E-state index in [2.05, 4.69) is 16.0 Å². The summed E-state index contributed by atoms with van der Waals surface area (Å²) in [6.45, 7) is 8.71. The molecule has 0 heterocycles. The Labute approximate surface area is 210 Å². The molecule has 0 aliphatic carbocycles. The van der Waals surface area contributed by atoms with Crippen molar-refractivity contribution in [1.29, 1.82) is 0 Å². The van der Waals surface area contributed by atoms with E-state index in [-0.39, 0.29) is 11.8 Å². The molecule has 11 N–H and O–H groups in total. The zero-order valence-electron chi connectivity index (χ0n) is 22.0. The van der Waals surface area contributed by atoms with Gasteiger partial charge in [-0.05, 0) is 76.3 Å². The molecule has 0 radical (unpaired) electrons. The van der Waals surface area contributed by atoms with E-state index in [1.54, 1.807) is 0 Å². The molecule has 0 bridgehead atoms. The first-order valence-electron chi connectivity index (χ1n) is 12.8. The summed E-state index contributed by atoms with van der Waals surface area (Å²) in [6, 6.07) is -3.34. The predicted molar refractivity (Wildman–Crippen MR) is 138 cm³/mol. The van der Waals surface area contributed by atoms with E-state index in [1.165, 1.54) is 0 Å². The second-order valence-electron chi connectivity index (χ2n) is 10.0. The van der Waals surface area contributed by atoms with Gasteiger partial charge in [0.1, 0.15) is 18.1 Å². The first-order chi connectivity index (χ1) is 16.4. The molecule has 4 amide bonds. The van der Waals surface area contributed by atoms with Gasteiger partial charge in [-0.3, -0.25) is 19.2 Å². The van der Waals surface area contributed by atoms with Crippen LogP contribution in [-0.2, 0) is 19.2 Å². The lowest BCUT2D eigenvalue weighted by atomic mass is 10.00. The molecule has 0 unspecified atom stereocenters. The number of hydrogen-bond acceptors (Lipinski definition) is 7. The molecule has 4 atom stereocenters. The van der Waals surface area contributed by atoms with Crippen LogP contribution < -0.4 is 38.9 Å². The Hall–Kier alpha value is -2.24. The Balaban J connectivity index is 5.45. The van der Waals surface area contributed by atoms with E-state index in [1.807, 2.05) is 27.7 Å². The zero-order chi connectivity index (χ0) is 27.0. The number of carbonyl (C=O) groups is 4. The molecule has 0 saturated carbocycles. The smallest absolute Gasteiger partial charge is 0.243 e. The molecule has 0 aliphatic rings. The monoisotopic (exact) mass is 499 g/mol. The van der Waals surface area contributed by atoms with Gasteiger partial charge in [-0.15, -0.1) is 0 Å². The van der Waals surface area contributed by atoms with Gasteiger partial charge < -0.3 is 38.9 Å². The number of unbranched alkanes of at least 4 members (excludes halogenated alkanes) is 2. The summed E-state index contributed by atoms with van der Waals surface area (Å²) in [5, 5.41) is 8.16. The van der Waals surface area contributed by atoms with Crippen molar-refractivity contribution in [1.82, 2.24) is 16.0 Å². The third-order valence-electron chi connectivity index (χ3n) is 5.59. The molecule has 0 rings (SSSR count). The lowest BCUT2D eigenvalue weighted by Gasteiger charge is -2.26. The highest BCUT2D eigenvalue weighted by Crippen LogP contribution is 2.10. The number of primary amides is 1. The van der Waals surface area contributed by atoms with Gasteiger partial charge in [0, 0.05) is 0 Å².